The molecule has 0 unspecified atom stereocenters. The summed E-state index contributed by atoms with van der Waals surface area (Å²) in [5, 5.41) is 8.83. The first kappa shape index (κ1) is 15.8. The molecule has 1 atom stereocenters. The number of hydrogen-bond acceptors (Lipinski definition) is 6. The van der Waals surface area contributed by atoms with Crippen LogP contribution in [0.1, 0.15) is 17.8 Å². The Morgan fingerprint density at radius 2 is 2.16 bits per heavy atom. The summed E-state index contributed by atoms with van der Waals surface area (Å²) in [7, 11) is 1.92. The number of nitrogens with one attached hydrogen (secondary N) is 1. The third-order valence-electron chi connectivity index (χ3n) is 4.76. The van der Waals surface area contributed by atoms with Crippen molar-refractivity contribution in [3.63, 3.8) is 0 Å². The molecule has 25 heavy (non-hydrogen) atoms. The quantitative estimate of drug-likeness (QED) is 0.788. The molecule has 7 nitrogen and oxygen atoms in total. The zero-order valence-corrected chi connectivity index (χ0v) is 14.9. The van der Waals surface area contributed by atoms with Gasteiger partial charge in [-0.05, 0) is 43.9 Å². The van der Waals surface area contributed by atoms with E-state index in [0.29, 0.717) is 5.92 Å². The lowest BCUT2D eigenvalue weighted by Gasteiger charge is -2.19. The highest BCUT2D eigenvalue weighted by Gasteiger charge is 2.26. The van der Waals surface area contributed by atoms with Gasteiger partial charge in [-0.3, -0.25) is 4.68 Å². The predicted octanol–water partition coefficient (Wildman–Crippen LogP) is 2.31. The Bertz CT molecular complexity index is 902. The van der Waals surface area contributed by atoms with E-state index < -0.39 is 0 Å². The lowest BCUT2D eigenvalue weighted by atomic mass is 10.1. The minimum atomic E-state index is 0.573. The van der Waals surface area contributed by atoms with Gasteiger partial charge in [0, 0.05) is 32.9 Å². The zero-order chi connectivity index (χ0) is 17.4. The van der Waals surface area contributed by atoms with E-state index in [-0.39, 0.29) is 0 Å². The van der Waals surface area contributed by atoms with Gasteiger partial charge in [0.05, 0.1) is 11.6 Å². The Balaban J connectivity index is 1.47. The smallest absolute Gasteiger partial charge is 0.163 e. The van der Waals surface area contributed by atoms with Gasteiger partial charge in [0.15, 0.2) is 5.65 Å². The fourth-order valence-electron chi connectivity index (χ4n) is 3.43. The summed E-state index contributed by atoms with van der Waals surface area (Å²) >= 11 is 0. The largest absolute Gasteiger partial charge is 0.370 e. The molecule has 0 amide bonds. The maximum atomic E-state index is 4.69. The summed E-state index contributed by atoms with van der Waals surface area (Å²) in [5.74, 6) is 3.32. The van der Waals surface area contributed by atoms with Crippen molar-refractivity contribution in [3.05, 3.63) is 35.9 Å². The highest BCUT2D eigenvalue weighted by atomic mass is 15.3. The molecular weight excluding hydrogens is 314 g/mol. The molecule has 0 saturated carbocycles. The van der Waals surface area contributed by atoms with Crippen molar-refractivity contribution in [2.45, 2.75) is 20.3 Å². The molecule has 1 aliphatic rings. The second-order valence-electron chi connectivity index (χ2n) is 6.80. The number of anilines is 2. The fourth-order valence-corrected chi connectivity index (χ4v) is 3.43. The fraction of sp³-hybridized carbons (Fsp3) is 0.444. The van der Waals surface area contributed by atoms with E-state index in [4.69, 9.17) is 0 Å². The summed E-state index contributed by atoms with van der Waals surface area (Å²) in [6.45, 7) is 6.94. The molecule has 130 valence electrons. The Labute approximate surface area is 147 Å². The molecule has 4 heterocycles. The minimum Gasteiger partial charge on any atom is -0.370 e. The van der Waals surface area contributed by atoms with Gasteiger partial charge in [0.2, 0.25) is 0 Å². The Hall–Kier alpha value is -2.70. The van der Waals surface area contributed by atoms with Gasteiger partial charge in [-0.25, -0.2) is 15.0 Å². The number of pyridine rings is 1. The zero-order valence-electron chi connectivity index (χ0n) is 14.9. The van der Waals surface area contributed by atoms with Crippen LogP contribution in [0.15, 0.2) is 24.5 Å². The normalized spacial score (nSPS) is 17.4. The van der Waals surface area contributed by atoms with Crippen molar-refractivity contribution in [1.29, 1.82) is 0 Å². The maximum Gasteiger partial charge on any atom is 0.163 e. The highest BCUT2D eigenvalue weighted by molar-refractivity contribution is 5.87. The van der Waals surface area contributed by atoms with Crippen molar-refractivity contribution in [2.75, 3.05) is 29.9 Å². The van der Waals surface area contributed by atoms with E-state index >= 15 is 0 Å². The molecule has 0 radical (unpaired) electrons. The molecule has 1 fully saturated rings. The summed E-state index contributed by atoms with van der Waals surface area (Å²) in [4.78, 5) is 15.9. The topological polar surface area (TPSA) is 71.8 Å². The van der Waals surface area contributed by atoms with Gasteiger partial charge in [-0.2, -0.15) is 5.10 Å². The molecular formula is C18H23N7. The minimum absolute atomic E-state index is 0.573. The number of nitrogens with zero attached hydrogens (tertiary/aromatic N) is 6. The number of aryl methyl sites for hydroxylation is 3. The van der Waals surface area contributed by atoms with Crippen molar-refractivity contribution in [2.24, 2.45) is 13.0 Å². The predicted molar refractivity (Wildman–Crippen MR) is 98.8 cm³/mol. The molecule has 0 spiro atoms. The monoisotopic (exact) mass is 337 g/mol. The first-order valence-corrected chi connectivity index (χ1v) is 8.68. The number of rotatable bonds is 4. The molecule has 0 aromatic carbocycles. The van der Waals surface area contributed by atoms with Crippen LogP contribution in [0.4, 0.5) is 11.6 Å². The summed E-state index contributed by atoms with van der Waals surface area (Å²) < 4.78 is 1.81. The lowest BCUT2D eigenvalue weighted by Crippen LogP contribution is -2.24. The van der Waals surface area contributed by atoms with E-state index in [1.54, 1.807) is 0 Å². The summed E-state index contributed by atoms with van der Waals surface area (Å²) in [5.41, 5.74) is 2.12. The van der Waals surface area contributed by atoms with E-state index in [1.165, 1.54) is 5.56 Å². The van der Waals surface area contributed by atoms with Crippen LogP contribution in [0.2, 0.25) is 0 Å². The first-order chi connectivity index (χ1) is 12.1. The molecule has 1 N–H and O–H groups in total. The molecule has 3 aromatic rings. The van der Waals surface area contributed by atoms with E-state index in [0.717, 1.165) is 54.5 Å². The third kappa shape index (κ3) is 3.14. The van der Waals surface area contributed by atoms with Crippen LogP contribution in [0.5, 0.6) is 0 Å². The van der Waals surface area contributed by atoms with Gasteiger partial charge in [0.1, 0.15) is 17.5 Å². The number of hydrogen-bond donors (Lipinski definition) is 1. The SMILES string of the molecule is Cc1ccnc(NC[C@H]2CCN(c3nc(C)nc4c3cnn4C)C2)c1. The molecule has 1 aliphatic heterocycles. The molecule has 4 rings (SSSR count). The van der Waals surface area contributed by atoms with E-state index in [9.17, 15) is 0 Å². The summed E-state index contributed by atoms with van der Waals surface area (Å²) in [6, 6.07) is 4.10. The van der Waals surface area contributed by atoms with Crippen molar-refractivity contribution < 1.29 is 0 Å². The van der Waals surface area contributed by atoms with Crippen LogP contribution in [-0.2, 0) is 7.05 Å². The third-order valence-corrected chi connectivity index (χ3v) is 4.76. The average Bonchev–Trinajstić information content (AvgIpc) is 3.20. The van der Waals surface area contributed by atoms with Crippen molar-refractivity contribution in [3.8, 4) is 0 Å². The Kier molecular flexibility index (Phi) is 3.99. The second-order valence-corrected chi connectivity index (χ2v) is 6.80. The van der Waals surface area contributed by atoms with E-state index in [1.807, 2.05) is 37.1 Å². The maximum absolute atomic E-state index is 4.69. The summed E-state index contributed by atoms with van der Waals surface area (Å²) in [6.07, 6.45) is 4.86. The average molecular weight is 337 g/mol. The number of aromatic nitrogens is 5. The Morgan fingerprint density at radius 3 is 3.00 bits per heavy atom. The van der Waals surface area contributed by atoms with Crippen molar-refractivity contribution in [1.82, 2.24) is 24.7 Å². The molecule has 7 heteroatoms. The van der Waals surface area contributed by atoms with Gasteiger partial charge in [0.25, 0.3) is 0 Å². The van der Waals surface area contributed by atoms with Gasteiger partial charge in [-0.1, -0.05) is 0 Å². The van der Waals surface area contributed by atoms with Gasteiger partial charge < -0.3 is 10.2 Å². The molecule has 3 aromatic heterocycles. The first-order valence-electron chi connectivity index (χ1n) is 8.68. The lowest BCUT2D eigenvalue weighted by molar-refractivity contribution is 0.621. The Morgan fingerprint density at radius 1 is 1.28 bits per heavy atom. The van der Waals surface area contributed by atoms with Crippen LogP contribution in [0, 0.1) is 19.8 Å². The van der Waals surface area contributed by atoms with Crippen LogP contribution < -0.4 is 10.2 Å². The molecule has 0 aliphatic carbocycles. The van der Waals surface area contributed by atoms with E-state index in [2.05, 4.69) is 43.3 Å². The van der Waals surface area contributed by atoms with Crippen LogP contribution >= 0.6 is 0 Å². The van der Waals surface area contributed by atoms with Gasteiger partial charge in [-0.15, -0.1) is 0 Å². The molecule has 1 saturated heterocycles. The highest BCUT2D eigenvalue weighted by Crippen LogP contribution is 2.28. The van der Waals surface area contributed by atoms with Gasteiger partial charge >= 0.3 is 0 Å². The van der Waals surface area contributed by atoms with Crippen LogP contribution in [0.3, 0.4) is 0 Å². The molecule has 0 bridgehead atoms. The van der Waals surface area contributed by atoms with Crippen LogP contribution in [-0.4, -0.2) is 44.4 Å². The number of fused-ring (bicyclic) bond motifs is 1. The standard InChI is InChI=1S/C18H23N7/c1-12-4-6-19-16(8-12)20-9-14-5-7-25(11-14)18-15-10-21-24(3)17(15)22-13(2)23-18/h4,6,8,10,14H,5,7,9,11H2,1-3H3,(H,19,20)/t14-/m1/s1. The van der Waals surface area contributed by atoms with Crippen molar-refractivity contribution >= 4 is 22.7 Å². The second kappa shape index (κ2) is 6.31. The van der Waals surface area contributed by atoms with Crippen LogP contribution in [0.25, 0.3) is 11.0 Å².